The Morgan fingerprint density at radius 3 is 2.80 bits per heavy atom. The predicted octanol–water partition coefficient (Wildman–Crippen LogP) is 1.53. The first-order valence-corrected chi connectivity index (χ1v) is 7.71. The lowest BCUT2D eigenvalue weighted by Crippen LogP contribution is -2.43. The van der Waals surface area contributed by atoms with Gasteiger partial charge in [0.15, 0.2) is 0 Å². The zero-order valence-electron chi connectivity index (χ0n) is 12.4. The van der Waals surface area contributed by atoms with Crippen molar-refractivity contribution in [1.82, 2.24) is 14.7 Å². The fourth-order valence-electron chi connectivity index (χ4n) is 3.38. The molecule has 110 valence electrons. The van der Waals surface area contributed by atoms with Crippen LogP contribution in [0.5, 0.6) is 0 Å². The van der Waals surface area contributed by atoms with Crippen molar-refractivity contribution in [3.63, 3.8) is 0 Å². The Morgan fingerprint density at radius 2 is 2.15 bits per heavy atom. The summed E-state index contributed by atoms with van der Waals surface area (Å²) in [4.78, 5) is 14.6. The number of rotatable bonds is 3. The molecule has 1 saturated heterocycles. The van der Waals surface area contributed by atoms with Gasteiger partial charge >= 0.3 is 0 Å². The molecule has 2 atom stereocenters. The zero-order valence-corrected chi connectivity index (χ0v) is 12.4. The fourth-order valence-corrected chi connectivity index (χ4v) is 3.38. The molecule has 1 aromatic rings. The van der Waals surface area contributed by atoms with Crippen molar-refractivity contribution >= 4 is 5.91 Å². The molecule has 2 unspecified atom stereocenters. The van der Waals surface area contributed by atoms with E-state index >= 15 is 0 Å². The Bertz CT molecular complexity index is 506. The summed E-state index contributed by atoms with van der Waals surface area (Å²) in [5.74, 6) is 0.274. The minimum Gasteiger partial charge on any atom is -0.331 e. The summed E-state index contributed by atoms with van der Waals surface area (Å²) in [6, 6.07) is 0.444. The monoisotopic (exact) mass is 276 g/mol. The molecule has 1 aliphatic carbocycles. The molecule has 3 rings (SSSR count). The molecule has 1 aliphatic heterocycles. The van der Waals surface area contributed by atoms with Crippen LogP contribution < -0.4 is 5.73 Å². The average molecular weight is 276 g/mol. The molecule has 0 spiro atoms. The second-order valence-corrected chi connectivity index (χ2v) is 6.09. The molecule has 0 radical (unpaired) electrons. The minimum atomic E-state index is 0.0150. The molecule has 1 amide bonds. The van der Waals surface area contributed by atoms with Gasteiger partial charge < -0.3 is 10.6 Å². The van der Waals surface area contributed by atoms with Crippen LogP contribution in [0.2, 0.25) is 0 Å². The number of aromatic nitrogens is 2. The number of nitrogens with zero attached hydrogens (tertiary/aromatic N) is 3. The van der Waals surface area contributed by atoms with Crippen LogP contribution in [0.3, 0.4) is 0 Å². The number of amides is 1. The van der Waals surface area contributed by atoms with Crippen LogP contribution >= 0.6 is 0 Å². The maximum Gasteiger partial charge on any atom is 0.223 e. The summed E-state index contributed by atoms with van der Waals surface area (Å²) < 4.78 is 1.85. The molecule has 5 nitrogen and oxygen atoms in total. The molecule has 2 fully saturated rings. The van der Waals surface area contributed by atoms with Crippen LogP contribution in [0, 0.1) is 0 Å². The quantitative estimate of drug-likeness (QED) is 0.910. The van der Waals surface area contributed by atoms with E-state index in [9.17, 15) is 4.79 Å². The van der Waals surface area contributed by atoms with Crippen molar-refractivity contribution in [2.75, 3.05) is 0 Å². The van der Waals surface area contributed by atoms with E-state index in [1.807, 2.05) is 11.7 Å². The van der Waals surface area contributed by atoms with Crippen LogP contribution in [-0.4, -0.2) is 32.7 Å². The van der Waals surface area contributed by atoms with Crippen molar-refractivity contribution in [3.05, 3.63) is 17.5 Å². The molecule has 0 bridgehead atoms. The first kappa shape index (κ1) is 13.6. The van der Waals surface area contributed by atoms with Crippen LogP contribution in [-0.2, 0) is 18.3 Å². The van der Waals surface area contributed by atoms with Crippen molar-refractivity contribution in [1.29, 1.82) is 0 Å². The summed E-state index contributed by atoms with van der Waals surface area (Å²) in [5.41, 5.74) is 8.67. The van der Waals surface area contributed by atoms with Crippen molar-refractivity contribution in [2.45, 2.75) is 63.6 Å². The predicted molar refractivity (Wildman–Crippen MR) is 77.0 cm³/mol. The van der Waals surface area contributed by atoms with E-state index in [1.165, 1.54) is 0 Å². The highest BCUT2D eigenvalue weighted by Gasteiger charge is 2.42. The normalized spacial score (nSPS) is 27.8. The number of aryl methyl sites for hydroxylation is 2. The van der Waals surface area contributed by atoms with E-state index in [-0.39, 0.29) is 18.0 Å². The third kappa shape index (κ3) is 2.35. The van der Waals surface area contributed by atoms with Crippen molar-refractivity contribution in [2.24, 2.45) is 12.8 Å². The molecule has 1 saturated carbocycles. The highest BCUT2D eigenvalue weighted by molar-refractivity contribution is 5.78. The minimum absolute atomic E-state index is 0.0150. The number of hydrogen-bond acceptors (Lipinski definition) is 3. The summed E-state index contributed by atoms with van der Waals surface area (Å²) in [6.07, 6.45) is 7.64. The van der Waals surface area contributed by atoms with Gasteiger partial charge in [-0.15, -0.1) is 0 Å². The van der Waals surface area contributed by atoms with Crippen LogP contribution in [0.1, 0.15) is 56.3 Å². The summed E-state index contributed by atoms with van der Waals surface area (Å²) >= 11 is 0. The van der Waals surface area contributed by atoms with Gasteiger partial charge in [-0.05, 0) is 32.1 Å². The van der Waals surface area contributed by atoms with Gasteiger partial charge in [-0.3, -0.25) is 9.48 Å². The van der Waals surface area contributed by atoms with E-state index in [4.69, 9.17) is 5.73 Å². The molecule has 5 heteroatoms. The van der Waals surface area contributed by atoms with E-state index < -0.39 is 0 Å². The van der Waals surface area contributed by atoms with Gasteiger partial charge in [0, 0.05) is 37.3 Å². The lowest BCUT2D eigenvalue weighted by molar-refractivity contribution is -0.133. The number of nitrogens with two attached hydrogens (primary N) is 1. The second-order valence-electron chi connectivity index (χ2n) is 6.09. The van der Waals surface area contributed by atoms with Crippen LogP contribution in [0.25, 0.3) is 0 Å². The van der Waals surface area contributed by atoms with Crippen molar-refractivity contribution in [3.8, 4) is 0 Å². The Kier molecular flexibility index (Phi) is 3.54. The number of carbonyl (C=O) groups is 1. The third-order valence-electron chi connectivity index (χ3n) is 4.45. The Balaban J connectivity index is 2.02. The highest BCUT2D eigenvalue weighted by atomic mass is 16.2. The largest absolute Gasteiger partial charge is 0.331 e. The molecular weight excluding hydrogens is 252 g/mol. The molecule has 0 aromatic carbocycles. The smallest absolute Gasteiger partial charge is 0.223 e. The topological polar surface area (TPSA) is 64.2 Å². The summed E-state index contributed by atoms with van der Waals surface area (Å²) in [6.45, 7) is 2.11. The third-order valence-corrected chi connectivity index (χ3v) is 4.45. The van der Waals surface area contributed by atoms with Gasteiger partial charge in [0.05, 0.1) is 11.7 Å². The lowest BCUT2D eigenvalue weighted by atomic mass is 9.96. The molecule has 20 heavy (non-hydrogen) atoms. The average Bonchev–Trinajstić information content (AvgIpc) is 3.18. The molecule has 1 aromatic heterocycles. The van der Waals surface area contributed by atoms with Crippen LogP contribution in [0.15, 0.2) is 6.20 Å². The molecule has 2 heterocycles. The first-order chi connectivity index (χ1) is 9.61. The van der Waals surface area contributed by atoms with Gasteiger partial charge in [0.1, 0.15) is 0 Å². The van der Waals surface area contributed by atoms with Gasteiger partial charge in [-0.1, -0.05) is 6.92 Å². The van der Waals surface area contributed by atoms with Gasteiger partial charge in [0.2, 0.25) is 5.91 Å². The van der Waals surface area contributed by atoms with Gasteiger partial charge in [-0.25, -0.2) is 0 Å². The summed E-state index contributed by atoms with van der Waals surface area (Å²) in [7, 11) is 1.94. The van der Waals surface area contributed by atoms with Gasteiger partial charge in [-0.2, -0.15) is 5.10 Å². The SMILES string of the molecule is CCc1nn(C)cc1C1C(N)CCCC(=O)N1C1CC1. The first-order valence-electron chi connectivity index (χ1n) is 7.71. The molecule has 2 aliphatic rings. The number of carbonyl (C=O) groups excluding carboxylic acids is 1. The second kappa shape index (κ2) is 5.20. The Labute approximate surface area is 120 Å². The van der Waals surface area contributed by atoms with E-state index in [0.29, 0.717) is 12.5 Å². The zero-order chi connectivity index (χ0) is 14.3. The summed E-state index contributed by atoms with van der Waals surface area (Å²) in [5, 5.41) is 4.53. The van der Waals surface area contributed by atoms with Crippen molar-refractivity contribution < 1.29 is 4.79 Å². The molecular formula is C15H24N4O. The maximum atomic E-state index is 12.5. The van der Waals surface area contributed by atoms with Crippen LogP contribution in [0.4, 0.5) is 0 Å². The van der Waals surface area contributed by atoms with E-state index in [1.54, 1.807) is 0 Å². The van der Waals surface area contributed by atoms with E-state index in [2.05, 4.69) is 23.1 Å². The number of hydrogen-bond donors (Lipinski definition) is 1. The van der Waals surface area contributed by atoms with E-state index in [0.717, 1.165) is 43.4 Å². The Hall–Kier alpha value is -1.36. The lowest BCUT2D eigenvalue weighted by Gasteiger charge is -2.34. The standard InChI is InChI=1S/C15H24N4O/c1-3-13-11(9-18(2)17-13)15-12(16)5-4-6-14(20)19(15)10-7-8-10/h9-10,12,15H,3-8,16H2,1-2H3. The highest BCUT2D eigenvalue weighted by Crippen LogP contribution is 2.40. The fraction of sp³-hybridized carbons (Fsp3) is 0.733. The maximum absolute atomic E-state index is 12.5. The molecule has 2 N–H and O–H groups in total. The van der Waals surface area contributed by atoms with Gasteiger partial charge in [0.25, 0.3) is 0 Å². The Morgan fingerprint density at radius 1 is 1.40 bits per heavy atom. The number of likely N-dealkylation sites (tertiary alicyclic amines) is 1.